The summed E-state index contributed by atoms with van der Waals surface area (Å²) in [6.45, 7) is 4.64. The number of benzene rings is 1. The Morgan fingerprint density at radius 1 is 1.12 bits per heavy atom. The van der Waals surface area contributed by atoms with Gasteiger partial charge in [-0.1, -0.05) is 44.7 Å². The number of methoxy groups -OCH3 is 1. The molecule has 5 nitrogen and oxygen atoms in total. The summed E-state index contributed by atoms with van der Waals surface area (Å²) in [6, 6.07) is 4.71. The fourth-order valence-corrected chi connectivity index (χ4v) is 2.45. The molecule has 0 aliphatic rings. The number of hydrogen-bond donors (Lipinski definition) is 0. The van der Waals surface area contributed by atoms with E-state index in [1.165, 1.54) is 7.11 Å². The SMILES string of the molecule is CCCCC(CC)COC(=O)CCC(=O)Oc1ccc(Cl)cc1OC. The van der Waals surface area contributed by atoms with E-state index in [4.69, 9.17) is 25.8 Å². The predicted molar refractivity (Wildman–Crippen MR) is 97.1 cm³/mol. The van der Waals surface area contributed by atoms with Crippen molar-refractivity contribution in [1.29, 1.82) is 0 Å². The van der Waals surface area contributed by atoms with Crippen molar-refractivity contribution in [3.63, 3.8) is 0 Å². The van der Waals surface area contributed by atoms with Crippen molar-refractivity contribution in [2.75, 3.05) is 13.7 Å². The van der Waals surface area contributed by atoms with Crippen molar-refractivity contribution < 1.29 is 23.8 Å². The minimum atomic E-state index is -0.518. The molecule has 140 valence electrons. The molecule has 0 aliphatic heterocycles. The van der Waals surface area contributed by atoms with Crippen LogP contribution < -0.4 is 9.47 Å². The second-order valence-corrected chi connectivity index (χ2v) is 6.31. The summed E-state index contributed by atoms with van der Waals surface area (Å²) in [4.78, 5) is 23.7. The average molecular weight is 371 g/mol. The van der Waals surface area contributed by atoms with Crippen LogP contribution in [0.5, 0.6) is 11.5 Å². The van der Waals surface area contributed by atoms with Gasteiger partial charge in [-0.05, 0) is 24.5 Å². The van der Waals surface area contributed by atoms with Gasteiger partial charge in [-0.2, -0.15) is 0 Å². The summed E-state index contributed by atoms with van der Waals surface area (Å²) in [5, 5.41) is 0.480. The first-order valence-corrected chi connectivity index (χ1v) is 9.07. The molecule has 1 atom stereocenters. The highest BCUT2D eigenvalue weighted by Gasteiger charge is 2.14. The molecule has 0 saturated heterocycles. The molecule has 0 radical (unpaired) electrons. The van der Waals surface area contributed by atoms with Gasteiger partial charge in [0, 0.05) is 11.1 Å². The third-order valence-corrected chi connectivity index (χ3v) is 4.14. The highest BCUT2D eigenvalue weighted by atomic mass is 35.5. The van der Waals surface area contributed by atoms with Gasteiger partial charge < -0.3 is 14.2 Å². The van der Waals surface area contributed by atoms with E-state index < -0.39 is 5.97 Å². The number of halogens is 1. The van der Waals surface area contributed by atoms with E-state index in [0.717, 1.165) is 25.7 Å². The Kier molecular flexibility index (Phi) is 10.0. The minimum Gasteiger partial charge on any atom is -0.493 e. The van der Waals surface area contributed by atoms with Gasteiger partial charge in [0.2, 0.25) is 0 Å². The number of unbranched alkanes of at least 4 members (excludes halogenated alkanes) is 1. The molecule has 1 unspecified atom stereocenters. The number of hydrogen-bond acceptors (Lipinski definition) is 5. The highest BCUT2D eigenvalue weighted by Crippen LogP contribution is 2.30. The van der Waals surface area contributed by atoms with Crippen molar-refractivity contribution in [2.45, 2.75) is 52.4 Å². The molecule has 1 aromatic rings. The molecule has 0 saturated carbocycles. The first-order valence-electron chi connectivity index (χ1n) is 8.69. The van der Waals surface area contributed by atoms with Crippen LogP contribution >= 0.6 is 11.6 Å². The average Bonchev–Trinajstić information content (AvgIpc) is 2.61. The molecule has 0 bridgehead atoms. The second kappa shape index (κ2) is 11.7. The van der Waals surface area contributed by atoms with E-state index in [9.17, 15) is 9.59 Å². The fourth-order valence-electron chi connectivity index (χ4n) is 2.28. The molecular formula is C19H27ClO5. The fraction of sp³-hybridized carbons (Fsp3) is 0.579. The van der Waals surface area contributed by atoms with Crippen molar-refractivity contribution >= 4 is 23.5 Å². The van der Waals surface area contributed by atoms with Gasteiger partial charge >= 0.3 is 11.9 Å². The Morgan fingerprint density at radius 3 is 2.48 bits per heavy atom. The zero-order valence-electron chi connectivity index (χ0n) is 15.2. The van der Waals surface area contributed by atoms with E-state index >= 15 is 0 Å². The Labute approximate surface area is 154 Å². The monoisotopic (exact) mass is 370 g/mol. The Balaban J connectivity index is 2.37. The van der Waals surface area contributed by atoms with Crippen molar-refractivity contribution in [2.24, 2.45) is 5.92 Å². The zero-order valence-corrected chi connectivity index (χ0v) is 15.9. The number of rotatable bonds is 11. The first kappa shape index (κ1) is 21.3. The summed E-state index contributed by atoms with van der Waals surface area (Å²) in [5.41, 5.74) is 0. The Hall–Kier alpha value is -1.75. The van der Waals surface area contributed by atoms with Gasteiger partial charge in [0.25, 0.3) is 0 Å². The molecule has 0 spiro atoms. The zero-order chi connectivity index (χ0) is 18.7. The molecule has 0 amide bonds. The van der Waals surface area contributed by atoms with Crippen LogP contribution in [0.25, 0.3) is 0 Å². The van der Waals surface area contributed by atoms with E-state index in [1.54, 1.807) is 18.2 Å². The lowest BCUT2D eigenvalue weighted by Crippen LogP contribution is -2.16. The topological polar surface area (TPSA) is 61.8 Å². The summed E-state index contributed by atoms with van der Waals surface area (Å²) < 4.78 is 15.6. The standard InChI is InChI=1S/C19H27ClO5/c1-4-6-7-14(5-2)13-24-18(21)10-11-19(22)25-16-9-8-15(20)12-17(16)23-3/h8-9,12,14H,4-7,10-11,13H2,1-3H3. The van der Waals surface area contributed by atoms with Crippen molar-refractivity contribution in [3.8, 4) is 11.5 Å². The van der Waals surface area contributed by atoms with Gasteiger partial charge in [0.1, 0.15) is 0 Å². The molecule has 0 aliphatic carbocycles. The number of ether oxygens (including phenoxy) is 3. The quantitative estimate of drug-likeness (QED) is 0.414. The lowest BCUT2D eigenvalue weighted by Gasteiger charge is -2.14. The van der Waals surface area contributed by atoms with Crippen LogP contribution in [0.4, 0.5) is 0 Å². The van der Waals surface area contributed by atoms with Gasteiger partial charge in [0.15, 0.2) is 11.5 Å². The molecule has 0 N–H and O–H groups in total. The van der Waals surface area contributed by atoms with E-state index in [0.29, 0.717) is 23.3 Å². The van der Waals surface area contributed by atoms with Gasteiger partial charge in [-0.25, -0.2) is 0 Å². The van der Waals surface area contributed by atoms with E-state index in [-0.39, 0.29) is 24.6 Å². The molecule has 25 heavy (non-hydrogen) atoms. The summed E-state index contributed by atoms with van der Waals surface area (Å²) >= 11 is 5.86. The maximum absolute atomic E-state index is 11.9. The maximum Gasteiger partial charge on any atom is 0.311 e. The van der Waals surface area contributed by atoms with E-state index in [2.05, 4.69) is 13.8 Å². The molecule has 1 rings (SSSR count). The van der Waals surface area contributed by atoms with Crippen LogP contribution in [0.2, 0.25) is 5.02 Å². The van der Waals surface area contributed by atoms with Gasteiger partial charge in [-0.3, -0.25) is 9.59 Å². The Bertz CT molecular complexity index is 559. The summed E-state index contributed by atoms with van der Waals surface area (Å²) in [5.74, 6) is 0.126. The van der Waals surface area contributed by atoms with Crippen LogP contribution in [0.15, 0.2) is 18.2 Å². The number of carbonyl (C=O) groups excluding carboxylic acids is 2. The highest BCUT2D eigenvalue weighted by molar-refractivity contribution is 6.30. The largest absolute Gasteiger partial charge is 0.493 e. The Morgan fingerprint density at radius 2 is 1.84 bits per heavy atom. The number of carbonyl (C=O) groups is 2. The number of esters is 2. The smallest absolute Gasteiger partial charge is 0.311 e. The summed E-state index contributed by atoms with van der Waals surface area (Å²) in [6.07, 6.45) is 4.25. The third kappa shape index (κ3) is 8.25. The molecular weight excluding hydrogens is 344 g/mol. The molecule has 1 aromatic carbocycles. The van der Waals surface area contributed by atoms with Crippen molar-refractivity contribution in [1.82, 2.24) is 0 Å². The van der Waals surface area contributed by atoms with Crippen molar-refractivity contribution in [3.05, 3.63) is 23.2 Å². The van der Waals surface area contributed by atoms with Crippen LogP contribution in [0.3, 0.4) is 0 Å². The van der Waals surface area contributed by atoms with Crippen LogP contribution in [-0.2, 0) is 14.3 Å². The van der Waals surface area contributed by atoms with Gasteiger partial charge in [0.05, 0.1) is 26.6 Å². The van der Waals surface area contributed by atoms with Crippen LogP contribution in [-0.4, -0.2) is 25.7 Å². The molecule has 6 heteroatoms. The predicted octanol–water partition coefficient (Wildman–Crippen LogP) is 4.79. The van der Waals surface area contributed by atoms with Crippen LogP contribution in [0.1, 0.15) is 52.4 Å². The lowest BCUT2D eigenvalue weighted by atomic mass is 10.0. The second-order valence-electron chi connectivity index (χ2n) is 5.87. The normalized spacial score (nSPS) is 11.7. The molecule has 0 aromatic heterocycles. The molecule has 0 fully saturated rings. The maximum atomic E-state index is 11.9. The third-order valence-electron chi connectivity index (χ3n) is 3.91. The first-order chi connectivity index (χ1) is 12.0. The minimum absolute atomic E-state index is 0.00104. The lowest BCUT2D eigenvalue weighted by molar-refractivity contribution is -0.148. The van der Waals surface area contributed by atoms with Crippen LogP contribution in [0, 0.1) is 5.92 Å². The van der Waals surface area contributed by atoms with E-state index in [1.807, 2.05) is 0 Å². The van der Waals surface area contributed by atoms with Gasteiger partial charge in [-0.15, -0.1) is 0 Å². The molecule has 0 heterocycles. The summed E-state index contributed by atoms with van der Waals surface area (Å²) in [7, 11) is 1.46.